The average molecular weight is 451 g/mol. The maximum Gasteiger partial charge on any atom is 0.501 e. The molecule has 0 radical (unpaired) electrons. The van der Waals surface area contributed by atoms with Crippen LogP contribution in [0.2, 0.25) is 0 Å². The van der Waals surface area contributed by atoms with E-state index in [-0.39, 0.29) is 24.0 Å². The van der Waals surface area contributed by atoms with Crippen LogP contribution in [0.5, 0.6) is 0 Å². The van der Waals surface area contributed by atoms with Gasteiger partial charge >= 0.3 is 5.51 Å². The summed E-state index contributed by atoms with van der Waals surface area (Å²) in [6.07, 6.45) is 0. The minimum Gasteiger partial charge on any atom is -0.380 e. The van der Waals surface area contributed by atoms with Crippen LogP contribution >= 0.6 is 0 Å². The fourth-order valence-electron chi connectivity index (χ4n) is 2.64. The van der Waals surface area contributed by atoms with Crippen molar-refractivity contribution in [2.75, 3.05) is 5.32 Å². The summed E-state index contributed by atoms with van der Waals surface area (Å²) >= 11 is 0. The lowest BCUT2D eigenvalue weighted by Crippen LogP contribution is -2.31. The minimum absolute atomic E-state index is 0.0578. The molecule has 2 aromatic carbocycles. The van der Waals surface area contributed by atoms with Crippen molar-refractivity contribution in [3.8, 4) is 0 Å². The Labute approximate surface area is 168 Å². The van der Waals surface area contributed by atoms with E-state index in [0.29, 0.717) is 11.1 Å². The van der Waals surface area contributed by atoms with Crippen molar-refractivity contribution >= 4 is 25.5 Å². The van der Waals surface area contributed by atoms with Gasteiger partial charge in [-0.05, 0) is 37.1 Å². The van der Waals surface area contributed by atoms with Gasteiger partial charge in [-0.15, -0.1) is 0 Å². The first-order chi connectivity index (χ1) is 13.3. The van der Waals surface area contributed by atoms with Gasteiger partial charge in [0, 0.05) is 12.6 Å². The van der Waals surface area contributed by atoms with Gasteiger partial charge in [0.2, 0.25) is 10.0 Å². The van der Waals surface area contributed by atoms with Gasteiger partial charge in [-0.1, -0.05) is 36.4 Å². The summed E-state index contributed by atoms with van der Waals surface area (Å²) in [4.78, 5) is -0.890. The van der Waals surface area contributed by atoms with Gasteiger partial charge < -0.3 is 5.32 Å². The van der Waals surface area contributed by atoms with Gasteiger partial charge in [0.25, 0.3) is 9.84 Å². The molecule has 0 saturated carbocycles. The number of anilines is 1. The summed E-state index contributed by atoms with van der Waals surface area (Å²) in [7, 11) is -9.14. The standard InChI is InChI=1S/C18H21F3N2O4S2/c1-13(2)23-28(24,25)12-15-8-4-3-7-14(15)11-22-16-9-5-6-10-17(16)29(26,27)18(19,20)21/h3-10,13,22-23H,11-12H2,1-2H3. The van der Waals surface area contributed by atoms with Crippen LogP contribution < -0.4 is 10.0 Å². The smallest absolute Gasteiger partial charge is 0.380 e. The molecule has 0 aliphatic rings. The molecule has 2 N–H and O–H groups in total. The largest absolute Gasteiger partial charge is 0.501 e. The Morgan fingerprint density at radius 1 is 0.897 bits per heavy atom. The van der Waals surface area contributed by atoms with Crippen molar-refractivity contribution in [2.45, 2.75) is 42.6 Å². The number of rotatable bonds is 8. The third kappa shape index (κ3) is 5.94. The highest BCUT2D eigenvalue weighted by Gasteiger charge is 2.47. The van der Waals surface area contributed by atoms with Crippen LogP contribution in [0.1, 0.15) is 25.0 Å². The Kier molecular flexibility index (Phi) is 6.97. The Bertz CT molecular complexity index is 1070. The second-order valence-electron chi connectivity index (χ2n) is 6.60. The Morgan fingerprint density at radius 2 is 1.45 bits per heavy atom. The van der Waals surface area contributed by atoms with Gasteiger partial charge in [-0.2, -0.15) is 13.2 Å². The van der Waals surface area contributed by atoms with Gasteiger partial charge in [-0.3, -0.25) is 0 Å². The number of sulfonamides is 1. The van der Waals surface area contributed by atoms with Gasteiger partial charge in [0.05, 0.1) is 16.3 Å². The lowest BCUT2D eigenvalue weighted by atomic mass is 10.1. The molecule has 29 heavy (non-hydrogen) atoms. The topological polar surface area (TPSA) is 92.3 Å². The van der Waals surface area contributed by atoms with Crippen molar-refractivity contribution in [3.63, 3.8) is 0 Å². The zero-order valence-corrected chi connectivity index (χ0v) is 17.3. The molecule has 0 amide bonds. The SMILES string of the molecule is CC(C)NS(=O)(=O)Cc1ccccc1CNc1ccccc1S(=O)(=O)C(F)(F)F. The van der Waals surface area contributed by atoms with Gasteiger partial charge in [0.1, 0.15) is 0 Å². The fourth-order valence-corrected chi connectivity index (χ4v) is 5.07. The summed E-state index contributed by atoms with van der Waals surface area (Å²) in [6.45, 7) is 3.31. The minimum atomic E-state index is -5.53. The average Bonchev–Trinajstić information content (AvgIpc) is 2.58. The summed E-state index contributed by atoms with van der Waals surface area (Å²) in [6, 6.07) is 10.9. The summed E-state index contributed by atoms with van der Waals surface area (Å²) in [5.41, 5.74) is -4.69. The fraction of sp³-hybridized carbons (Fsp3) is 0.333. The van der Waals surface area contributed by atoms with Crippen LogP contribution in [0.4, 0.5) is 18.9 Å². The van der Waals surface area contributed by atoms with E-state index < -0.39 is 30.3 Å². The molecule has 0 saturated heterocycles. The van der Waals surface area contributed by atoms with Crippen LogP contribution in [0.25, 0.3) is 0 Å². The highest BCUT2D eigenvalue weighted by atomic mass is 32.2. The molecule has 160 valence electrons. The Balaban J connectivity index is 2.29. The van der Waals surface area contributed by atoms with E-state index in [1.54, 1.807) is 38.1 Å². The number of hydrogen-bond acceptors (Lipinski definition) is 5. The molecule has 0 bridgehead atoms. The predicted octanol–water partition coefficient (Wildman–Crippen LogP) is 3.42. The van der Waals surface area contributed by atoms with E-state index >= 15 is 0 Å². The van der Waals surface area contributed by atoms with Crippen LogP contribution in [0.15, 0.2) is 53.4 Å². The Morgan fingerprint density at radius 3 is 2.03 bits per heavy atom. The first kappa shape index (κ1) is 23.2. The number of benzene rings is 2. The summed E-state index contributed by atoms with van der Waals surface area (Å²) in [5, 5.41) is 2.68. The quantitative estimate of drug-likeness (QED) is 0.643. The molecule has 0 fully saturated rings. The molecule has 2 aromatic rings. The molecule has 0 heterocycles. The molecule has 6 nitrogen and oxygen atoms in total. The number of hydrogen-bond donors (Lipinski definition) is 2. The first-order valence-corrected chi connectivity index (χ1v) is 11.7. The van der Waals surface area contributed by atoms with Crippen molar-refractivity contribution in [2.24, 2.45) is 0 Å². The molecule has 11 heteroatoms. The lowest BCUT2D eigenvalue weighted by Gasteiger charge is -2.16. The van der Waals surface area contributed by atoms with Crippen molar-refractivity contribution in [3.05, 3.63) is 59.7 Å². The highest BCUT2D eigenvalue weighted by Crippen LogP contribution is 2.34. The van der Waals surface area contributed by atoms with E-state index in [2.05, 4.69) is 10.0 Å². The van der Waals surface area contributed by atoms with E-state index in [9.17, 15) is 30.0 Å². The number of alkyl halides is 3. The number of sulfone groups is 1. The second kappa shape index (κ2) is 8.72. The van der Waals surface area contributed by atoms with E-state index in [0.717, 1.165) is 6.07 Å². The lowest BCUT2D eigenvalue weighted by molar-refractivity contribution is -0.0435. The Hall–Kier alpha value is -2.11. The highest BCUT2D eigenvalue weighted by molar-refractivity contribution is 7.92. The third-order valence-electron chi connectivity index (χ3n) is 3.83. The van der Waals surface area contributed by atoms with Crippen LogP contribution in [-0.2, 0) is 32.2 Å². The van der Waals surface area contributed by atoms with Crippen LogP contribution in [0.3, 0.4) is 0 Å². The summed E-state index contributed by atoms with van der Waals surface area (Å²) < 4.78 is 89.2. The van der Waals surface area contributed by atoms with E-state index in [4.69, 9.17) is 0 Å². The first-order valence-electron chi connectivity index (χ1n) is 8.54. The van der Waals surface area contributed by atoms with Crippen LogP contribution in [0, 0.1) is 0 Å². The molecule has 0 aliphatic heterocycles. The predicted molar refractivity (Wildman–Crippen MR) is 104 cm³/mol. The molecule has 0 aromatic heterocycles. The van der Waals surface area contributed by atoms with E-state index in [1.165, 1.54) is 18.2 Å². The van der Waals surface area contributed by atoms with Gasteiger partial charge in [-0.25, -0.2) is 21.6 Å². The van der Waals surface area contributed by atoms with E-state index in [1.807, 2.05) is 0 Å². The molecule has 0 spiro atoms. The van der Waals surface area contributed by atoms with Crippen molar-refractivity contribution in [1.29, 1.82) is 0 Å². The third-order valence-corrected chi connectivity index (χ3v) is 6.90. The molecular formula is C18H21F3N2O4S2. The second-order valence-corrected chi connectivity index (χ2v) is 10.3. The monoisotopic (exact) mass is 450 g/mol. The summed E-state index contributed by atoms with van der Waals surface area (Å²) in [5.74, 6) is -0.314. The number of nitrogens with one attached hydrogen (secondary N) is 2. The zero-order valence-electron chi connectivity index (χ0n) is 15.7. The maximum atomic E-state index is 12.9. The molecule has 0 aliphatic carbocycles. The van der Waals surface area contributed by atoms with Crippen molar-refractivity contribution < 1.29 is 30.0 Å². The number of halogens is 3. The molecule has 0 unspecified atom stereocenters. The van der Waals surface area contributed by atoms with Crippen LogP contribution in [-0.4, -0.2) is 28.4 Å². The maximum absolute atomic E-state index is 12.9. The molecular weight excluding hydrogens is 429 g/mol. The van der Waals surface area contributed by atoms with Crippen molar-refractivity contribution in [1.82, 2.24) is 4.72 Å². The molecule has 2 rings (SSSR count). The zero-order chi connectivity index (χ0) is 21.9. The normalized spacial score (nSPS) is 12.9. The number of para-hydroxylation sites is 1. The van der Waals surface area contributed by atoms with Gasteiger partial charge in [0.15, 0.2) is 0 Å². The molecule has 0 atom stereocenters.